The van der Waals surface area contributed by atoms with Crippen LogP contribution in [0.3, 0.4) is 0 Å². The van der Waals surface area contributed by atoms with E-state index in [1.807, 2.05) is 10.8 Å². The summed E-state index contributed by atoms with van der Waals surface area (Å²) in [7, 11) is 0. The standard InChI is InChI=1S/C34H42F6N6O4S/c35-33(36,37)25-16-21(17-26(29(25)41)34(38,39)40)18-28(30(47)44-11-5-23(6-12-44)43-9-2-1-3-10-43)50-32(49)45-13-7-24(8-14-45)46-15-4-22-19-51-20-27(22)42-31(46)48/h16-17,19-20,23-24,28H,1-15,18,41H2,(H,42,48)/t28-/m1/s1. The Morgan fingerprint density at radius 1 is 0.843 bits per heavy atom. The van der Waals surface area contributed by atoms with Gasteiger partial charge in [-0.3, -0.25) is 4.79 Å². The fraction of sp³-hybridized carbons (Fsp3) is 0.618. The normalized spacial score (nSPS) is 20.8. The molecule has 0 bridgehead atoms. The average Bonchev–Trinajstić information content (AvgIpc) is 3.47. The molecule has 3 N–H and O–H groups in total. The van der Waals surface area contributed by atoms with E-state index in [0.717, 1.165) is 37.2 Å². The molecule has 280 valence electrons. The van der Waals surface area contributed by atoms with Crippen molar-refractivity contribution in [3.05, 3.63) is 45.1 Å². The van der Waals surface area contributed by atoms with Crippen LogP contribution in [0.5, 0.6) is 0 Å². The number of carbonyl (C=O) groups excluding carboxylic acids is 3. The molecule has 0 spiro atoms. The van der Waals surface area contributed by atoms with Crippen LogP contribution in [0, 0.1) is 0 Å². The van der Waals surface area contributed by atoms with E-state index in [-0.39, 0.29) is 31.2 Å². The van der Waals surface area contributed by atoms with E-state index < -0.39 is 59.3 Å². The Morgan fingerprint density at radius 3 is 2.04 bits per heavy atom. The molecule has 51 heavy (non-hydrogen) atoms. The number of carbonyl (C=O) groups is 3. The van der Waals surface area contributed by atoms with E-state index in [0.29, 0.717) is 63.9 Å². The van der Waals surface area contributed by atoms with Crippen molar-refractivity contribution >= 4 is 40.7 Å². The van der Waals surface area contributed by atoms with Crippen LogP contribution in [0.2, 0.25) is 0 Å². The lowest BCUT2D eigenvalue weighted by Crippen LogP contribution is -2.53. The summed E-state index contributed by atoms with van der Waals surface area (Å²) in [5, 5.41) is 6.79. The number of nitrogen functional groups attached to an aromatic ring is 1. The molecule has 1 aromatic carbocycles. The number of alkyl halides is 6. The van der Waals surface area contributed by atoms with Crippen LogP contribution in [0.15, 0.2) is 22.9 Å². The molecular weight excluding hydrogens is 702 g/mol. The number of halogens is 6. The number of nitrogens with zero attached hydrogens (tertiary/aromatic N) is 4. The van der Waals surface area contributed by atoms with Crippen LogP contribution in [0.1, 0.15) is 67.2 Å². The highest BCUT2D eigenvalue weighted by atomic mass is 32.1. The predicted molar refractivity (Wildman–Crippen MR) is 178 cm³/mol. The van der Waals surface area contributed by atoms with Crippen molar-refractivity contribution < 1.29 is 45.5 Å². The molecule has 2 aromatic rings. The smallest absolute Gasteiger partial charge is 0.418 e. The molecule has 0 saturated carbocycles. The summed E-state index contributed by atoms with van der Waals surface area (Å²) in [5.41, 5.74) is 1.87. The number of nitrogens with one attached hydrogen (secondary N) is 1. The minimum atomic E-state index is -5.20. The highest BCUT2D eigenvalue weighted by Gasteiger charge is 2.42. The number of benzene rings is 1. The lowest BCUT2D eigenvalue weighted by Gasteiger charge is -2.41. The quantitative estimate of drug-likeness (QED) is 0.260. The van der Waals surface area contributed by atoms with Crippen molar-refractivity contribution in [3.8, 4) is 0 Å². The van der Waals surface area contributed by atoms with Crippen molar-refractivity contribution in [2.75, 3.05) is 56.9 Å². The second-order valence-electron chi connectivity index (χ2n) is 13.7. The number of fused-ring (bicyclic) bond motifs is 1. The maximum atomic E-state index is 13.9. The number of likely N-dealkylation sites (tertiary alicyclic amines) is 3. The molecule has 1 aromatic heterocycles. The highest BCUT2D eigenvalue weighted by Crippen LogP contribution is 2.42. The van der Waals surface area contributed by atoms with Gasteiger partial charge in [-0.15, -0.1) is 11.3 Å². The van der Waals surface area contributed by atoms with Crippen LogP contribution in [-0.4, -0.2) is 102 Å². The third-order valence-electron chi connectivity index (χ3n) is 10.5. The van der Waals surface area contributed by atoms with Gasteiger partial charge in [0.25, 0.3) is 5.91 Å². The number of urea groups is 1. The number of hydrogen-bond donors (Lipinski definition) is 2. The molecule has 4 aliphatic rings. The van der Waals surface area contributed by atoms with Crippen molar-refractivity contribution in [1.82, 2.24) is 19.6 Å². The van der Waals surface area contributed by atoms with E-state index in [1.54, 1.807) is 4.90 Å². The first-order valence-electron chi connectivity index (χ1n) is 17.4. The summed E-state index contributed by atoms with van der Waals surface area (Å²) in [6.45, 7) is 3.41. The third kappa shape index (κ3) is 8.50. The molecule has 0 radical (unpaired) electrons. The van der Waals surface area contributed by atoms with E-state index in [9.17, 15) is 40.7 Å². The number of hydrogen-bond acceptors (Lipinski definition) is 7. The van der Waals surface area contributed by atoms with E-state index in [1.165, 1.54) is 27.6 Å². The van der Waals surface area contributed by atoms with Gasteiger partial charge in [-0.2, -0.15) is 26.3 Å². The third-order valence-corrected chi connectivity index (χ3v) is 11.3. The zero-order valence-corrected chi connectivity index (χ0v) is 28.8. The zero-order valence-electron chi connectivity index (χ0n) is 28.0. The lowest BCUT2D eigenvalue weighted by atomic mass is 9.96. The average molecular weight is 745 g/mol. The molecule has 1 atom stereocenters. The Morgan fingerprint density at radius 2 is 1.43 bits per heavy atom. The van der Waals surface area contributed by atoms with Gasteiger partial charge in [0.2, 0.25) is 0 Å². The maximum absolute atomic E-state index is 13.9. The monoisotopic (exact) mass is 744 g/mol. The fourth-order valence-corrected chi connectivity index (χ4v) is 8.52. The summed E-state index contributed by atoms with van der Waals surface area (Å²) < 4.78 is 88.8. The molecule has 0 unspecified atom stereocenters. The molecule has 17 heteroatoms. The molecule has 4 amide bonds. The van der Waals surface area contributed by atoms with Gasteiger partial charge in [-0.05, 0) is 86.7 Å². The van der Waals surface area contributed by atoms with E-state index in [4.69, 9.17) is 10.5 Å². The van der Waals surface area contributed by atoms with Gasteiger partial charge in [0, 0.05) is 56.6 Å². The number of amides is 4. The molecule has 4 aliphatic heterocycles. The number of thiophene rings is 1. The second-order valence-corrected chi connectivity index (χ2v) is 14.5. The van der Waals surface area contributed by atoms with Crippen LogP contribution in [-0.2, 0) is 34.7 Å². The molecule has 0 aliphatic carbocycles. The Bertz CT molecular complexity index is 1540. The van der Waals surface area contributed by atoms with Crippen molar-refractivity contribution in [3.63, 3.8) is 0 Å². The molecular formula is C34H42F6N6O4S. The first kappa shape index (κ1) is 37.0. The van der Waals surface area contributed by atoms with Gasteiger partial charge in [-0.25, -0.2) is 9.59 Å². The summed E-state index contributed by atoms with van der Waals surface area (Å²) in [6, 6.07) is 0.825. The van der Waals surface area contributed by atoms with Gasteiger partial charge < -0.3 is 35.4 Å². The van der Waals surface area contributed by atoms with Gasteiger partial charge >= 0.3 is 24.5 Å². The highest BCUT2D eigenvalue weighted by molar-refractivity contribution is 7.08. The Balaban J connectivity index is 1.17. The van der Waals surface area contributed by atoms with E-state index >= 15 is 0 Å². The SMILES string of the molecule is Nc1c(C(F)(F)F)cc(C[C@@H](OC(=O)N2CCC(N3CCc4cscc4NC3=O)CC2)C(=O)N2CCC(N3CCCCC3)CC2)cc1C(F)(F)F. The number of rotatable bonds is 6. The van der Waals surface area contributed by atoms with Gasteiger partial charge in [0.15, 0.2) is 6.10 Å². The Labute approximate surface area is 295 Å². The summed E-state index contributed by atoms with van der Waals surface area (Å²) in [4.78, 5) is 47.4. The molecule has 3 fully saturated rings. The lowest BCUT2D eigenvalue weighted by molar-refractivity contribution is -0.142. The second kappa shape index (κ2) is 15.1. The van der Waals surface area contributed by atoms with Gasteiger partial charge in [0.1, 0.15) is 0 Å². The summed E-state index contributed by atoms with van der Waals surface area (Å²) in [6.07, 6.45) is -7.53. The maximum Gasteiger partial charge on any atom is 0.418 e. The van der Waals surface area contributed by atoms with Gasteiger partial charge in [0.05, 0.1) is 22.5 Å². The molecule has 10 nitrogen and oxygen atoms in total. The minimum absolute atomic E-state index is 0.170. The number of piperidine rings is 3. The van der Waals surface area contributed by atoms with Crippen molar-refractivity contribution in [2.45, 2.75) is 88.3 Å². The molecule has 5 heterocycles. The first-order chi connectivity index (χ1) is 24.2. The number of nitrogens with two attached hydrogens (primary N) is 1. The van der Waals surface area contributed by atoms with Crippen LogP contribution < -0.4 is 11.1 Å². The van der Waals surface area contributed by atoms with Crippen LogP contribution in [0.4, 0.5) is 47.3 Å². The number of anilines is 2. The number of ether oxygens (including phenoxy) is 1. The van der Waals surface area contributed by atoms with Crippen molar-refractivity contribution in [1.29, 1.82) is 0 Å². The van der Waals surface area contributed by atoms with Crippen LogP contribution >= 0.6 is 11.3 Å². The Kier molecular flexibility index (Phi) is 11.0. The van der Waals surface area contributed by atoms with E-state index in [2.05, 4.69) is 10.2 Å². The Hall–Kier alpha value is -3.73. The summed E-state index contributed by atoms with van der Waals surface area (Å²) in [5.74, 6) is -0.678. The first-order valence-corrected chi connectivity index (χ1v) is 18.3. The molecule has 3 saturated heterocycles. The zero-order chi connectivity index (χ0) is 36.5. The topological polar surface area (TPSA) is 111 Å². The summed E-state index contributed by atoms with van der Waals surface area (Å²) >= 11 is 1.51. The van der Waals surface area contributed by atoms with Crippen LogP contribution in [0.25, 0.3) is 0 Å². The largest absolute Gasteiger partial charge is 0.436 e. The molecule has 6 rings (SSSR count). The fourth-order valence-electron chi connectivity index (χ4n) is 7.69. The van der Waals surface area contributed by atoms with Gasteiger partial charge in [-0.1, -0.05) is 6.42 Å². The predicted octanol–water partition coefficient (Wildman–Crippen LogP) is 6.45. The van der Waals surface area contributed by atoms with Crippen molar-refractivity contribution in [2.24, 2.45) is 0 Å². The minimum Gasteiger partial charge on any atom is -0.436 e.